The van der Waals surface area contributed by atoms with E-state index in [2.05, 4.69) is 6.92 Å². The molecular weight excluding hydrogens is 262 g/mol. The van der Waals surface area contributed by atoms with Crippen LogP contribution in [-0.2, 0) is 11.2 Å². The average molecular weight is 283 g/mol. The van der Waals surface area contributed by atoms with Gasteiger partial charge in [-0.2, -0.15) is 0 Å². The molecule has 0 saturated carbocycles. The molecule has 0 spiro atoms. The molecule has 0 radical (unpaired) electrons. The van der Waals surface area contributed by atoms with Crippen LogP contribution in [0.3, 0.4) is 0 Å². The van der Waals surface area contributed by atoms with Crippen molar-refractivity contribution in [1.82, 2.24) is 0 Å². The summed E-state index contributed by atoms with van der Waals surface area (Å²) >= 11 is 0. The molecule has 0 N–H and O–H groups in total. The van der Waals surface area contributed by atoms with Crippen molar-refractivity contribution in [3.63, 3.8) is 0 Å². The zero-order chi connectivity index (χ0) is 15.2. The van der Waals surface area contributed by atoms with Crippen LogP contribution in [0, 0.1) is 0 Å². The Hall–Kier alpha value is -2.29. The van der Waals surface area contributed by atoms with Crippen LogP contribution in [0.4, 0.5) is 5.69 Å². The minimum atomic E-state index is -0.525. The number of nitrogens with zero attached hydrogens (tertiary/aromatic N) is 1. The first-order valence-electron chi connectivity index (χ1n) is 7.20. The molecule has 110 valence electrons. The second-order valence-electron chi connectivity index (χ2n) is 4.95. The van der Waals surface area contributed by atoms with Gasteiger partial charge in [-0.3, -0.25) is 4.79 Å². The fraction of sp³-hybridized carbons (Fsp3) is 0.278. The Morgan fingerprint density at radius 1 is 1.10 bits per heavy atom. The third-order valence-corrected chi connectivity index (χ3v) is 3.48. The van der Waals surface area contributed by atoms with Crippen molar-refractivity contribution in [3.8, 4) is 5.75 Å². The maximum absolute atomic E-state index is 12.4. The zero-order valence-electron chi connectivity index (χ0n) is 12.7. The normalized spacial score (nSPS) is 11.8. The summed E-state index contributed by atoms with van der Waals surface area (Å²) in [6.45, 7) is 3.86. The molecule has 1 atom stereocenters. The molecule has 0 aliphatic heterocycles. The van der Waals surface area contributed by atoms with Crippen LogP contribution < -0.4 is 9.64 Å². The highest BCUT2D eigenvalue weighted by molar-refractivity contribution is 5.96. The number of ether oxygens (including phenoxy) is 1. The van der Waals surface area contributed by atoms with Crippen LogP contribution in [0.15, 0.2) is 54.6 Å². The lowest BCUT2D eigenvalue weighted by Crippen LogP contribution is -2.38. The largest absolute Gasteiger partial charge is 0.481 e. The number of rotatable bonds is 5. The molecule has 3 nitrogen and oxygen atoms in total. The number of benzene rings is 2. The third kappa shape index (κ3) is 3.63. The molecule has 3 heteroatoms. The lowest BCUT2D eigenvalue weighted by Gasteiger charge is -2.23. The topological polar surface area (TPSA) is 29.5 Å². The second-order valence-corrected chi connectivity index (χ2v) is 4.95. The van der Waals surface area contributed by atoms with E-state index in [1.54, 1.807) is 18.9 Å². The molecule has 0 aliphatic carbocycles. The van der Waals surface area contributed by atoms with Crippen molar-refractivity contribution in [2.45, 2.75) is 26.4 Å². The maximum atomic E-state index is 12.4. The zero-order valence-corrected chi connectivity index (χ0v) is 12.7. The molecular formula is C18H21NO2. The average Bonchev–Trinajstić information content (AvgIpc) is 2.54. The Balaban J connectivity index is 2.09. The minimum Gasteiger partial charge on any atom is -0.481 e. The van der Waals surface area contributed by atoms with Crippen molar-refractivity contribution in [3.05, 3.63) is 60.2 Å². The molecule has 2 rings (SSSR count). The number of amides is 1. The molecule has 1 amide bonds. The Morgan fingerprint density at radius 2 is 1.71 bits per heavy atom. The van der Waals surface area contributed by atoms with Crippen molar-refractivity contribution in [2.24, 2.45) is 0 Å². The summed E-state index contributed by atoms with van der Waals surface area (Å²) in [4.78, 5) is 14.1. The summed E-state index contributed by atoms with van der Waals surface area (Å²) < 4.78 is 5.85. The van der Waals surface area contributed by atoms with Gasteiger partial charge >= 0.3 is 0 Å². The van der Waals surface area contributed by atoms with Crippen molar-refractivity contribution in [1.29, 1.82) is 0 Å². The van der Waals surface area contributed by atoms with Gasteiger partial charge < -0.3 is 9.64 Å². The third-order valence-electron chi connectivity index (χ3n) is 3.48. The van der Waals surface area contributed by atoms with Gasteiger partial charge in [0, 0.05) is 12.7 Å². The number of carbonyl (C=O) groups excluding carboxylic acids is 1. The number of hydrogen-bond acceptors (Lipinski definition) is 2. The van der Waals surface area contributed by atoms with Gasteiger partial charge in [0.2, 0.25) is 0 Å². The van der Waals surface area contributed by atoms with Crippen LogP contribution in [0.1, 0.15) is 19.4 Å². The molecule has 0 aromatic heterocycles. The van der Waals surface area contributed by atoms with Crippen molar-refractivity contribution >= 4 is 11.6 Å². The Kier molecular flexibility index (Phi) is 4.99. The molecule has 0 unspecified atom stereocenters. The number of carbonyl (C=O) groups is 1. The number of hydrogen-bond donors (Lipinski definition) is 0. The van der Waals surface area contributed by atoms with Crippen molar-refractivity contribution < 1.29 is 9.53 Å². The predicted molar refractivity (Wildman–Crippen MR) is 85.8 cm³/mol. The smallest absolute Gasteiger partial charge is 0.267 e. The number of anilines is 1. The predicted octanol–water partition coefficient (Wildman–Crippen LogP) is 3.68. The highest BCUT2D eigenvalue weighted by Gasteiger charge is 2.20. The first-order valence-corrected chi connectivity index (χ1v) is 7.20. The van der Waals surface area contributed by atoms with Gasteiger partial charge in [0.1, 0.15) is 5.75 Å². The number of aryl methyl sites for hydroxylation is 1. The molecule has 2 aromatic rings. The molecule has 0 saturated heterocycles. The summed E-state index contributed by atoms with van der Waals surface area (Å²) in [6, 6.07) is 17.4. The van der Waals surface area contributed by atoms with Crippen molar-refractivity contribution in [2.75, 3.05) is 11.9 Å². The molecule has 0 heterocycles. The lowest BCUT2D eigenvalue weighted by atomic mass is 10.1. The summed E-state index contributed by atoms with van der Waals surface area (Å²) in [5.74, 6) is 0.717. The van der Waals surface area contributed by atoms with Gasteiger partial charge in [-0.15, -0.1) is 0 Å². The number of para-hydroxylation sites is 2. The fourth-order valence-electron chi connectivity index (χ4n) is 2.20. The first-order chi connectivity index (χ1) is 10.1. The van der Waals surface area contributed by atoms with E-state index >= 15 is 0 Å². The summed E-state index contributed by atoms with van der Waals surface area (Å²) in [5.41, 5.74) is 1.97. The van der Waals surface area contributed by atoms with E-state index < -0.39 is 6.10 Å². The molecule has 2 aromatic carbocycles. The SMILES string of the molecule is CCc1ccccc1O[C@@H](C)C(=O)N(C)c1ccccc1. The van der Waals surface area contributed by atoms with Crippen LogP contribution in [0.2, 0.25) is 0 Å². The number of likely N-dealkylation sites (N-methyl/N-ethyl adjacent to an activating group) is 1. The van der Waals surface area contributed by atoms with E-state index in [-0.39, 0.29) is 5.91 Å². The van der Waals surface area contributed by atoms with E-state index in [0.29, 0.717) is 0 Å². The Labute approximate surface area is 126 Å². The van der Waals surface area contributed by atoms with Crippen LogP contribution in [0.5, 0.6) is 5.75 Å². The van der Waals surface area contributed by atoms with Gasteiger partial charge in [-0.1, -0.05) is 43.3 Å². The van der Waals surface area contributed by atoms with E-state index in [1.165, 1.54) is 0 Å². The second kappa shape index (κ2) is 6.93. The van der Waals surface area contributed by atoms with Crippen LogP contribution in [0.25, 0.3) is 0 Å². The van der Waals surface area contributed by atoms with E-state index in [4.69, 9.17) is 4.74 Å². The molecule has 0 bridgehead atoms. The highest BCUT2D eigenvalue weighted by Crippen LogP contribution is 2.21. The quantitative estimate of drug-likeness (QED) is 0.837. The van der Waals surface area contributed by atoms with E-state index in [1.807, 2.05) is 54.6 Å². The van der Waals surface area contributed by atoms with Gasteiger partial charge in [0.15, 0.2) is 6.10 Å². The van der Waals surface area contributed by atoms with Gasteiger partial charge in [-0.05, 0) is 37.1 Å². The summed E-state index contributed by atoms with van der Waals surface area (Å²) in [6.07, 6.45) is 0.355. The molecule has 0 aliphatic rings. The van der Waals surface area contributed by atoms with E-state index in [9.17, 15) is 4.79 Å². The Morgan fingerprint density at radius 3 is 2.38 bits per heavy atom. The fourth-order valence-corrected chi connectivity index (χ4v) is 2.20. The van der Waals surface area contributed by atoms with Crippen LogP contribution in [-0.4, -0.2) is 19.1 Å². The first kappa shape index (κ1) is 15.1. The van der Waals surface area contributed by atoms with Gasteiger partial charge in [0.05, 0.1) is 0 Å². The molecule has 21 heavy (non-hydrogen) atoms. The Bertz CT molecular complexity index is 595. The summed E-state index contributed by atoms with van der Waals surface area (Å²) in [7, 11) is 1.77. The maximum Gasteiger partial charge on any atom is 0.267 e. The summed E-state index contributed by atoms with van der Waals surface area (Å²) in [5, 5.41) is 0. The monoisotopic (exact) mass is 283 g/mol. The van der Waals surface area contributed by atoms with Crippen LogP contribution >= 0.6 is 0 Å². The van der Waals surface area contributed by atoms with Gasteiger partial charge in [0.25, 0.3) is 5.91 Å². The highest BCUT2D eigenvalue weighted by atomic mass is 16.5. The standard InChI is InChI=1S/C18H21NO2/c1-4-15-10-8-9-13-17(15)21-14(2)18(20)19(3)16-11-6-5-7-12-16/h5-14H,4H2,1-3H3/t14-/m0/s1. The molecule has 0 fully saturated rings. The minimum absolute atomic E-state index is 0.0629. The lowest BCUT2D eigenvalue weighted by molar-refractivity contribution is -0.124. The van der Waals surface area contributed by atoms with E-state index in [0.717, 1.165) is 23.4 Å². The van der Waals surface area contributed by atoms with Gasteiger partial charge in [-0.25, -0.2) is 0 Å².